The third kappa shape index (κ3) is 9.23. The number of nitrogens with one attached hydrogen (secondary N) is 2. The molecule has 2 amide bonds. The topological polar surface area (TPSA) is 138 Å². The van der Waals surface area contributed by atoms with E-state index in [0.717, 1.165) is 36.8 Å². The van der Waals surface area contributed by atoms with E-state index in [4.69, 9.17) is 25.7 Å². The fourth-order valence-electron chi connectivity index (χ4n) is 4.61. The first kappa shape index (κ1) is 29.9. The van der Waals surface area contributed by atoms with Crippen molar-refractivity contribution >= 4 is 12.0 Å². The number of amides is 2. The highest BCUT2D eigenvalue weighted by atomic mass is 16.6. The van der Waals surface area contributed by atoms with Gasteiger partial charge in [-0.3, -0.25) is 4.79 Å². The lowest BCUT2D eigenvalue weighted by atomic mass is 9.91. The van der Waals surface area contributed by atoms with E-state index in [1.807, 2.05) is 69.3 Å². The van der Waals surface area contributed by atoms with Crippen LogP contribution in [-0.2, 0) is 17.8 Å². The molecule has 0 aromatic heterocycles. The standard InChI is InChI=1S/C32H40N4O5/c1-32(2,3)41-31(38)36-25-10-8-24(9-11-25)35-30(37)23-16-28(39-26-12-4-21(19-33)5-13-26)18-29(17-23)40-27-14-6-22(20-34)7-15-27/h4-7,12-18,24-25H,8-11,19-20,33-34H2,1-3H3,(H,35,37)(H,36,38). The molecule has 0 radical (unpaired) electrons. The molecule has 218 valence electrons. The lowest BCUT2D eigenvalue weighted by Gasteiger charge is -2.30. The molecule has 1 fully saturated rings. The van der Waals surface area contributed by atoms with Crippen LogP contribution in [0.1, 0.15) is 67.9 Å². The first-order valence-electron chi connectivity index (χ1n) is 14.0. The monoisotopic (exact) mass is 560 g/mol. The normalized spacial score (nSPS) is 16.9. The highest BCUT2D eigenvalue weighted by Gasteiger charge is 2.26. The van der Waals surface area contributed by atoms with Gasteiger partial charge >= 0.3 is 6.09 Å². The van der Waals surface area contributed by atoms with Crippen molar-refractivity contribution in [3.05, 3.63) is 83.4 Å². The van der Waals surface area contributed by atoms with Gasteiger partial charge in [0.1, 0.15) is 28.6 Å². The molecule has 3 aromatic rings. The third-order valence-electron chi connectivity index (χ3n) is 6.71. The van der Waals surface area contributed by atoms with Crippen molar-refractivity contribution in [2.75, 3.05) is 0 Å². The van der Waals surface area contributed by atoms with E-state index in [1.54, 1.807) is 18.2 Å². The van der Waals surface area contributed by atoms with Crippen LogP contribution in [-0.4, -0.2) is 29.7 Å². The summed E-state index contributed by atoms with van der Waals surface area (Å²) in [5.41, 5.74) is 13.3. The fourth-order valence-corrected chi connectivity index (χ4v) is 4.61. The minimum atomic E-state index is -0.544. The Morgan fingerprint density at radius 2 is 1.15 bits per heavy atom. The predicted octanol–water partition coefficient (Wildman–Crippen LogP) is 5.75. The summed E-state index contributed by atoms with van der Waals surface area (Å²) in [6.07, 6.45) is 2.57. The Hall–Kier alpha value is -4.08. The van der Waals surface area contributed by atoms with Crippen LogP contribution >= 0.6 is 0 Å². The van der Waals surface area contributed by atoms with E-state index in [1.165, 1.54) is 0 Å². The number of carbonyl (C=O) groups excluding carboxylic acids is 2. The Bertz CT molecular complexity index is 1240. The van der Waals surface area contributed by atoms with Crippen molar-refractivity contribution in [3.63, 3.8) is 0 Å². The smallest absolute Gasteiger partial charge is 0.407 e. The number of hydrogen-bond acceptors (Lipinski definition) is 7. The fraction of sp³-hybridized carbons (Fsp3) is 0.375. The van der Waals surface area contributed by atoms with Crippen molar-refractivity contribution < 1.29 is 23.8 Å². The van der Waals surface area contributed by atoms with Crippen molar-refractivity contribution in [1.82, 2.24) is 10.6 Å². The average molecular weight is 561 g/mol. The number of ether oxygens (including phenoxy) is 3. The molecule has 1 aliphatic rings. The Morgan fingerprint density at radius 3 is 1.56 bits per heavy atom. The van der Waals surface area contributed by atoms with Crippen molar-refractivity contribution in [1.29, 1.82) is 0 Å². The lowest BCUT2D eigenvalue weighted by molar-refractivity contribution is 0.0488. The number of nitrogens with two attached hydrogens (primary N) is 2. The minimum absolute atomic E-state index is 0.0132. The first-order chi connectivity index (χ1) is 19.6. The van der Waals surface area contributed by atoms with E-state index < -0.39 is 11.7 Å². The molecule has 3 aromatic carbocycles. The van der Waals surface area contributed by atoms with Gasteiger partial charge in [0.15, 0.2) is 0 Å². The summed E-state index contributed by atoms with van der Waals surface area (Å²) in [5, 5.41) is 6.07. The Kier molecular flexibility index (Phi) is 9.86. The van der Waals surface area contributed by atoms with E-state index >= 15 is 0 Å². The summed E-state index contributed by atoms with van der Waals surface area (Å²) >= 11 is 0. The van der Waals surface area contributed by atoms with Crippen LogP contribution < -0.4 is 31.6 Å². The summed E-state index contributed by atoms with van der Waals surface area (Å²) < 4.78 is 17.5. The summed E-state index contributed by atoms with van der Waals surface area (Å²) in [7, 11) is 0. The molecule has 0 atom stereocenters. The molecule has 0 spiro atoms. The van der Waals surface area contributed by atoms with Crippen molar-refractivity contribution in [2.45, 2.75) is 77.2 Å². The van der Waals surface area contributed by atoms with Gasteiger partial charge in [-0.2, -0.15) is 0 Å². The van der Waals surface area contributed by atoms with Gasteiger partial charge in [0.05, 0.1) is 0 Å². The van der Waals surface area contributed by atoms with Gasteiger partial charge in [-0.05, 0) is 94.0 Å². The van der Waals surface area contributed by atoms with E-state index in [2.05, 4.69) is 10.6 Å². The predicted molar refractivity (Wildman–Crippen MR) is 158 cm³/mol. The van der Waals surface area contributed by atoms with Crippen molar-refractivity contribution in [2.24, 2.45) is 11.5 Å². The van der Waals surface area contributed by atoms with Crippen LogP contribution in [0.3, 0.4) is 0 Å². The van der Waals surface area contributed by atoms with E-state index in [9.17, 15) is 9.59 Å². The summed E-state index contributed by atoms with van der Waals surface area (Å²) in [5.74, 6) is 1.96. The second-order valence-electron chi connectivity index (χ2n) is 11.3. The molecule has 0 unspecified atom stereocenters. The molecular weight excluding hydrogens is 520 g/mol. The third-order valence-corrected chi connectivity index (χ3v) is 6.71. The SMILES string of the molecule is CC(C)(C)OC(=O)NC1CCC(NC(=O)c2cc(Oc3ccc(CN)cc3)cc(Oc3ccc(CN)cc3)c2)CC1. The van der Waals surface area contributed by atoms with Gasteiger partial charge in [-0.15, -0.1) is 0 Å². The molecule has 0 bridgehead atoms. The summed E-state index contributed by atoms with van der Waals surface area (Å²) in [4.78, 5) is 25.5. The molecule has 9 nitrogen and oxygen atoms in total. The Labute approximate surface area is 241 Å². The molecule has 41 heavy (non-hydrogen) atoms. The molecule has 0 saturated heterocycles. The van der Waals surface area contributed by atoms with Crippen LogP contribution in [0.4, 0.5) is 4.79 Å². The first-order valence-corrected chi connectivity index (χ1v) is 14.0. The van der Waals surface area contributed by atoms with Gasteiger partial charge in [-0.1, -0.05) is 24.3 Å². The number of benzene rings is 3. The lowest BCUT2D eigenvalue weighted by Crippen LogP contribution is -2.45. The highest BCUT2D eigenvalue weighted by Crippen LogP contribution is 2.31. The number of hydrogen-bond donors (Lipinski definition) is 4. The molecule has 1 aliphatic carbocycles. The average Bonchev–Trinajstić information content (AvgIpc) is 2.94. The van der Waals surface area contributed by atoms with Gasteiger partial charge in [-0.25, -0.2) is 4.79 Å². The molecule has 9 heteroatoms. The van der Waals surface area contributed by atoms with E-state index in [-0.39, 0.29) is 18.0 Å². The van der Waals surface area contributed by atoms with E-state index in [0.29, 0.717) is 41.7 Å². The number of alkyl carbamates (subject to hydrolysis) is 1. The quantitative estimate of drug-likeness (QED) is 0.261. The summed E-state index contributed by atoms with van der Waals surface area (Å²) in [6.45, 7) is 6.39. The Morgan fingerprint density at radius 1 is 0.707 bits per heavy atom. The molecule has 0 heterocycles. The van der Waals surface area contributed by atoms with Gasteiger partial charge in [0, 0.05) is 36.8 Å². The van der Waals surface area contributed by atoms with Gasteiger partial charge in [0.25, 0.3) is 5.91 Å². The maximum atomic E-state index is 13.4. The second kappa shape index (κ2) is 13.5. The molecule has 6 N–H and O–H groups in total. The van der Waals surface area contributed by atoms with Crippen LogP contribution in [0, 0.1) is 0 Å². The number of carbonyl (C=O) groups is 2. The largest absolute Gasteiger partial charge is 0.457 e. The van der Waals surface area contributed by atoms with Gasteiger partial charge < -0.3 is 36.3 Å². The van der Waals surface area contributed by atoms with Crippen LogP contribution in [0.15, 0.2) is 66.7 Å². The zero-order chi connectivity index (χ0) is 29.4. The Balaban J connectivity index is 1.44. The van der Waals surface area contributed by atoms with Crippen molar-refractivity contribution in [3.8, 4) is 23.0 Å². The second-order valence-corrected chi connectivity index (χ2v) is 11.3. The van der Waals surface area contributed by atoms with Crippen LogP contribution in [0.2, 0.25) is 0 Å². The molecule has 1 saturated carbocycles. The molecule has 0 aliphatic heterocycles. The van der Waals surface area contributed by atoms with Crippen LogP contribution in [0.25, 0.3) is 0 Å². The minimum Gasteiger partial charge on any atom is -0.457 e. The maximum absolute atomic E-state index is 13.4. The van der Waals surface area contributed by atoms with Crippen LogP contribution in [0.5, 0.6) is 23.0 Å². The maximum Gasteiger partial charge on any atom is 0.407 e. The zero-order valence-electron chi connectivity index (χ0n) is 23.9. The molecule has 4 rings (SSSR count). The zero-order valence-corrected chi connectivity index (χ0v) is 23.9. The molecular formula is C32H40N4O5. The number of rotatable bonds is 9. The van der Waals surface area contributed by atoms with Gasteiger partial charge in [0.2, 0.25) is 0 Å². The summed E-state index contributed by atoms with van der Waals surface area (Å²) in [6, 6.07) is 20.1. The highest BCUT2D eigenvalue weighted by molar-refractivity contribution is 5.95.